The SMILES string of the molecule is CC(C)(C)OC(=O)Nc1ccc(C(C)(C)C=O)cc1Cl. The first-order chi connectivity index (χ1) is 9.05. The van der Waals surface area contributed by atoms with E-state index in [1.807, 2.05) is 0 Å². The molecular formula is C15H20ClNO3. The fourth-order valence-corrected chi connectivity index (χ4v) is 1.73. The Hall–Kier alpha value is -1.55. The van der Waals surface area contributed by atoms with Crippen molar-refractivity contribution in [2.24, 2.45) is 0 Å². The number of benzene rings is 1. The predicted molar refractivity (Wildman–Crippen MR) is 80.4 cm³/mol. The van der Waals surface area contributed by atoms with Crippen molar-refractivity contribution in [3.05, 3.63) is 28.8 Å². The molecule has 0 heterocycles. The Morgan fingerprint density at radius 3 is 2.30 bits per heavy atom. The molecule has 0 saturated carbocycles. The van der Waals surface area contributed by atoms with E-state index < -0.39 is 17.1 Å². The zero-order chi connectivity index (χ0) is 15.6. The second kappa shape index (κ2) is 5.83. The Morgan fingerprint density at radius 1 is 1.25 bits per heavy atom. The molecule has 0 radical (unpaired) electrons. The summed E-state index contributed by atoms with van der Waals surface area (Å²) in [5.74, 6) is 0. The van der Waals surface area contributed by atoms with Crippen molar-refractivity contribution in [3.63, 3.8) is 0 Å². The summed E-state index contributed by atoms with van der Waals surface area (Å²) in [6, 6.07) is 5.09. The number of hydrogen-bond acceptors (Lipinski definition) is 3. The molecule has 0 spiro atoms. The Bertz CT molecular complexity index is 518. The molecule has 1 rings (SSSR count). The van der Waals surface area contributed by atoms with Gasteiger partial charge in [-0.15, -0.1) is 0 Å². The lowest BCUT2D eigenvalue weighted by Gasteiger charge is -2.21. The summed E-state index contributed by atoms with van der Waals surface area (Å²) in [4.78, 5) is 22.7. The Morgan fingerprint density at radius 2 is 1.85 bits per heavy atom. The maximum Gasteiger partial charge on any atom is 0.412 e. The average Bonchev–Trinajstić information content (AvgIpc) is 2.29. The van der Waals surface area contributed by atoms with E-state index in [9.17, 15) is 9.59 Å². The number of amides is 1. The summed E-state index contributed by atoms with van der Waals surface area (Å²) >= 11 is 6.12. The van der Waals surface area contributed by atoms with E-state index in [4.69, 9.17) is 16.3 Å². The highest BCUT2D eigenvalue weighted by Crippen LogP contribution is 2.29. The van der Waals surface area contributed by atoms with Gasteiger partial charge in [-0.25, -0.2) is 4.79 Å². The summed E-state index contributed by atoms with van der Waals surface area (Å²) < 4.78 is 5.15. The zero-order valence-electron chi connectivity index (χ0n) is 12.4. The molecular weight excluding hydrogens is 278 g/mol. The number of ether oxygens (including phenoxy) is 1. The van der Waals surface area contributed by atoms with E-state index in [1.165, 1.54) is 0 Å². The number of aldehydes is 1. The minimum absolute atomic E-state index is 0.364. The van der Waals surface area contributed by atoms with E-state index in [0.29, 0.717) is 10.7 Å². The number of carbonyl (C=O) groups is 2. The lowest BCUT2D eigenvalue weighted by atomic mass is 9.86. The molecule has 0 fully saturated rings. The van der Waals surface area contributed by atoms with Crippen molar-refractivity contribution in [2.45, 2.75) is 45.6 Å². The molecule has 0 aliphatic rings. The molecule has 0 aromatic heterocycles. The maximum absolute atomic E-state index is 11.7. The van der Waals surface area contributed by atoms with Gasteiger partial charge in [-0.2, -0.15) is 0 Å². The number of nitrogens with one attached hydrogen (secondary N) is 1. The van der Waals surface area contributed by atoms with Crippen molar-refractivity contribution in [1.82, 2.24) is 0 Å². The fourth-order valence-electron chi connectivity index (χ4n) is 1.50. The molecule has 0 aliphatic heterocycles. The van der Waals surface area contributed by atoms with Gasteiger partial charge in [-0.1, -0.05) is 17.7 Å². The largest absolute Gasteiger partial charge is 0.444 e. The fraction of sp³-hybridized carbons (Fsp3) is 0.467. The van der Waals surface area contributed by atoms with Crippen molar-refractivity contribution in [2.75, 3.05) is 5.32 Å². The summed E-state index contributed by atoms with van der Waals surface area (Å²) in [6.07, 6.45) is 0.293. The lowest BCUT2D eigenvalue weighted by Crippen LogP contribution is -2.27. The molecule has 110 valence electrons. The third-order valence-electron chi connectivity index (χ3n) is 2.64. The van der Waals surface area contributed by atoms with Crippen LogP contribution in [0.1, 0.15) is 40.2 Å². The molecule has 0 saturated heterocycles. The van der Waals surface area contributed by atoms with Gasteiger partial charge in [0.15, 0.2) is 0 Å². The Kier molecular flexibility index (Phi) is 4.81. The first-order valence-corrected chi connectivity index (χ1v) is 6.69. The normalized spacial score (nSPS) is 11.9. The number of anilines is 1. The molecule has 5 heteroatoms. The molecule has 0 atom stereocenters. The predicted octanol–water partition coefficient (Wildman–Crippen LogP) is 4.16. The van der Waals surface area contributed by atoms with Crippen LogP contribution >= 0.6 is 11.6 Å². The minimum Gasteiger partial charge on any atom is -0.444 e. The van der Waals surface area contributed by atoms with Crippen LogP contribution in [0.3, 0.4) is 0 Å². The van der Waals surface area contributed by atoms with Crippen LogP contribution in [0.2, 0.25) is 5.02 Å². The van der Waals surface area contributed by atoms with Gasteiger partial charge in [0.25, 0.3) is 0 Å². The van der Waals surface area contributed by atoms with Crippen molar-refractivity contribution >= 4 is 29.7 Å². The lowest BCUT2D eigenvalue weighted by molar-refractivity contribution is -0.111. The molecule has 0 aliphatic carbocycles. The number of rotatable bonds is 3. The number of carbonyl (C=O) groups excluding carboxylic acids is 2. The molecule has 0 bridgehead atoms. The standard InChI is InChI=1S/C15H20ClNO3/c1-14(2,3)20-13(19)17-12-7-6-10(8-11(12)16)15(4,5)9-18/h6-9H,1-5H3,(H,17,19). The van der Waals surface area contributed by atoms with E-state index in [0.717, 1.165) is 11.8 Å². The second-order valence-corrected chi connectivity index (χ2v) is 6.57. The summed E-state index contributed by atoms with van der Waals surface area (Å²) in [7, 11) is 0. The highest BCUT2D eigenvalue weighted by atomic mass is 35.5. The van der Waals surface area contributed by atoms with Gasteiger partial charge in [-0.3, -0.25) is 5.32 Å². The molecule has 1 aromatic rings. The molecule has 1 amide bonds. The van der Waals surface area contributed by atoms with E-state index >= 15 is 0 Å². The number of hydrogen-bond donors (Lipinski definition) is 1. The van der Waals surface area contributed by atoms with Crippen molar-refractivity contribution in [3.8, 4) is 0 Å². The smallest absolute Gasteiger partial charge is 0.412 e. The summed E-state index contributed by atoms with van der Waals surface area (Å²) in [5, 5.41) is 2.95. The van der Waals surface area contributed by atoms with Gasteiger partial charge in [0.05, 0.1) is 10.7 Å². The van der Waals surface area contributed by atoms with E-state index in [1.54, 1.807) is 52.8 Å². The van der Waals surface area contributed by atoms with Crippen LogP contribution in [0.25, 0.3) is 0 Å². The van der Waals surface area contributed by atoms with E-state index in [-0.39, 0.29) is 0 Å². The second-order valence-electron chi connectivity index (χ2n) is 6.16. The first kappa shape index (κ1) is 16.5. The van der Waals surface area contributed by atoms with Crippen LogP contribution in [-0.4, -0.2) is 18.0 Å². The van der Waals surface area contributed by atoms with Gasteiger partial charge >= 0.3 is 6.09 Å². The maximum atomic E-state index is 11.7. The summed E-state index contributed by atoms with van der Waals surface area (Å²) in [6.45, 7) is 8.94. The zero-order valence-corrected chi connectivity index (χ0v) is 13.2. The third-order valence-corrected chi connectivity index (χ3v) is 2.96. The molecule has 20 heavy (non-hydrogen) atoms. The first-order valence-electron chi connectivity index (χ1n) is 6.31. The Balaban J connectivity index is 2.90. The molecule has 1 aromatic carbocycles. The van der Waals surface area contributed by atoms with Crippen LogP contribution in [0, 0.1) is 0 Å². The van der Waals surface area contributed by atoms with Gasteiger partial charge in [0.1, 0.15) is 11.9 Å². The van der Waals surface area contributed by atoms with Crippen LogP contribution in [0.15, 0.2) is 18.2 Å². The van der Waals surface area contributed by atoms with Crippen LogP contribution in [0.4, 0.5) is 10.5 Å². The van der Waals surface area contributed by atoms with Gasteiger partial charge < -0.3 is 9.53 Å². The van der Waals surface area contributed by atoms with E-state index in [2.05, 4.69) is 5.32 Å². The Labute approximate surface area is 124 Å². The highest BCUT2D eigenvalue weighted by molar-refractivity contribution is 6.33. The summed E-state index contributed by atoms with van der Waals surface area (Å²) in [5.41, 5.74) is 0.0444. The van der Waals surface area contributed by atoms with Gasteiger partial charge in [0.2, 0.25) is 0 Å². The van der Waals surface area contributed by atoms with Crippen LogP contribution < -0.4 is 5.32 Å². The topological polar surface area (TPSA) is 55.4 Å². The minimum atomic E-state index is -0.617. The van der Waals surface area contributed by atoms with Gasteiger partial charge in [0, 0.05) is 5.41 Å². The van der Waals surface area contributed by atoms with Gasteiger partial charge in [-0.05, 0) is 52.3 Å². The monoisotopic (exact) mass is 297 g/mol. The van der Waals surface area contributed by atoms with Crippen molar-refractivity contribution < 1.29 is 14.3 Å². The van der Waals surface area contributed by atoms with Crippen LogP contribution in [0.5, 0.6) is 0 Å². The average molecular weight is 298 g/mol. The molecule has 1 N–H and O–H groups in total. The third kappa shape index (κ3) is 4.53. The molecule has 4 nitrogen and oxygen atoms in total. The molecule has 0 unspecified atom stereocenters. The van der Waals surface area contributed by atoms with Crippen molar-refractivity contribution in [1.29, 1.82) is 0 Å². The quantitative estimate of drug-likeness (QED) is 0.852. The highest BCUT2D eigenvalue weighted by Gasteiger charge is 2.21. The van der Waals surface area contributed by atoms with Crippen LogP contribution in [-0.2, 0) is 14.9 Å². The number of halogens is 1.